The molecule has 0 radical (unpaired) electrons. The lowest BCUT2D eigenvalue weighted by atomic mass is 9.98. The van der Waals surface area contributed by atoms with Crippen LogP contribution in [-0.4, -0.2) is 10.9 Å². The highest BCUT2D eigenvalue weighted by molar-refractivity contribution is 9.11. The third-order valence-corrected chi connectivity index (χ3v) is 5.43. The van der Waals surface area contributed by atoms with E-state index in [2.05, 4.69) is 38.8 Å². The van der Waals surface area contributed by atoms with Crippen LogP contribution in [0.3, 0.4) is 0 Å². The molecule has 1 N–H and O–H groups in total. The molecule has 0 aliphatic carbocycles. The molecule has 1 aromatic heterocycles. The lowest BCUT2D eigenvalue weighted by molar-refractivity contribution is 0.103. The summed E-state index contributed by atoms with van der Waals surface area (Å²) in [6.45, 7) is 2.09. The first-order chi connectivity index (χ1) is 11.9. The van der Waals surface area contributed by atoms with Crippen LogP contribution in [0.2, 0.25) is 5.02 Å². The molecule has 3 nitrogen and oxygen atoms in total. The molecule has 6 heteroatoms. The number of rotatable bonds is 5. The molecule has 0 unspecified atom stereocenters. The first-order valence-electron chi connectivity index (χ1n) is 7.86. The van der Waals surface area contributed by atoms with Crippen LogP contribution in [0.15, 0.2) is 43.7 Å². The molecule has 0 bridgehead atoms. The first kappa shape index (κ1) is 18.5. The van der Waals surface area contributed by atoms with Gasteiger partial charge in [-0.15, -0.1) is 0 Å². The van der Waals surface area contributed by atoms with E-state index in [-0.39, 0.29) is 11.5 Å². The van der Waals surface area contributed by atoms with Crippen LogP contribution < -0.4 is 0 Å². The number of phenols is 1. The molecule has 3 rings (SSSR count). The molecule has 25 heavy (non-hydrogen) atoms. The number of furan rings is 1. The Hall–Kier alpha value is -1.30. The van der Waals surface area contributed by atoms with Crippen molar-refractivity contribution in [3.63, 3.8) is 0 Å². The predicted octanol–water partition coefficient (Wildman–Crippen LogP) is 6.89. The molecule has 0 fully saturated rings. The Morgan fingerprint density at radius 3 is 2.52 bits per heavy atom. The molecule has 0 saturated heterocycles. The van der Waals surface area contributed by atoms with Gasteiger partial charge >= 0.3 is 0 Å². The Balaban J connectivity index is 2.18. The zero-order chi connectivity index (χ0) is 18.1. The van der Waals surface area contributed by atoms with Crippen molar-refractivity contribution in [2.24, 2.45) is 0 Å². The Morgan fingerprint density at radius 2 is 1.88 bits per heavy atom. The summed E-state index contributed by atoms with van der Waals surface area (Å²) in [6, 6.07) is 8.50. The smallest absolute Gasteiger partial charge is 0.197 e. The van der Waals surface area contributed by atoms with E-state index in [0.717, 1.165) is 12.8 Å². The van der Waals surface area contributed by atoms with Crippen LogP contribution in [0.25, 0.3) is 11.0 Å². The lowest BCUT2D eigenvalue weighted by Gasteiger charge is -2.06. The number of ketones is 1. The molecule has 130 valence electrons. The summed E-state index contributed by atoms with van der Waals surface area (Å²) in [6.07, 6.45) is 2.61. The Labute approximate surface area is 167 Å². The number of phenolic OH excluding ortho intramolecular Hbond substituents is 1. The monoisotopic (exact) mass is 484 g/mol. The third-order valence-electron chi connectivity index (χ3n) is 3.99. The maximum atomic E-state index is 13.2. The van der Waals surface area contributed by atoms with Crippen LogP contribution in [0.5, 0.6) is 5.75 Å². The van der Waals surface area contributed by atoms with E-state index in [1.165, 1.54) is 0 Å². The van der Waals surface area contributed by atoms with Gasteiger partial charge in [-0.3, -0.25) is 4.79 Å². The van der Waals surface area contributed by atoms with Gasteiger partial charge < -0.3 is 9.52 Å². The molecular formula is C19H15Br2ClO3. The number of halogens is 3. The van der Waals surface area contributed by atoms with E-state index in [1.807, 2.05) is 0 Å². The Bertz CT molecular complexity index is 940. The summed E-state index contributed by atoms with van der Waals surface area (Å²) in [7, 11) is 0. The standard InChI is InChI=1S/C19H15Br2ClO3/c1-2-3-4-16-17(12-9-11(22)5-6-15(12)25-16)18(23)10-7-13(20)19(24)14(21)8-10/h5-9,24H,2-4H2,1H3. The van der Waals surface area contributed by atoms with Crippen molar-refractivity contribution in [1.82, 2.24) is 0 Å². The largest absolute Gasteiger partial charge is 0.506 e. The number of aryl methyl sites for hydroxylation is 1. The second kappa shape index (κ2) is 7.52. The molecule has 1 heterocycles. The summed E-state index contributed by atoms with van der Waals surface area (Å²) in [4.78, 5) is 13.2. The van der Waals surface area contributed by atoms with Gasteiger partial charge in [0, 0.05) is 22.4 Å². The van der Waals surface area contributed by atoms with Crippen LogP contribution in [0.4, 0.5) is 0 Å². The maximum absolute atomic E-state index is 13.2. The summed E-state index contributed by atoms with van der Waals surface area (Å²) < 4.78 is 6.83. The fourth-order valence-electron chi connectivity index (χ4n) is 2.72. The van der Waals surface area contributed by atoms with Gasteiger partial charge in [-0.1, -0.05) is 24.9 Å². The van der Waals surface area contributed by atoms with Crippen molar-refractivity contribution in [2.45, 2.75) is 26.2 Å². The first-order valence-corrected chi connectivity index (χ1v) is 9.82. The van der Waals surface area contributed by atoms with Gasteiger partial charge in [0.05, 0.1) is 14.5 Å². The fourth-order valence-corrected chi connectivity index (χ4v) is 4.08. The second-order valence-corrected chi connectivity index (χ2v) is 7.91. The number of hydrogen-bond acceptors (Lipinski definition) is 3. The minimum atomic E-state index is -0.159. The predicted molar refractivity (Wildman–Crippen MR) is 107 cm³/mol. The highest BCUT2D eigenvalue weighted by atomic mass is 79.9. The number of fused-ring (bicyclic) bond motifs is 1. The lowest BCUT2D eigenvalue weighted by Crippen LogP contribution is -2.04. The second-order valence-electron chi connectivity index (χ2n) is 5.76. The van der Waals surface area contributed by atoms with Crippen molar-refractivity contribution in [1.29, 1.82) is 0 Å². The third kappa shape index (κ3) is 3.64. The number of aromatic hydroxyl groups is 1. The fraction of sp³-hybridized carbons (Fsp3) is 0.211. The number of carbonyl (C=O) groups excluding carboxylic acids is 1. The molecule has 0 saturated carbocycles. The van der Waals surface area contributed by atoms with Crippen molar-refractivity contribution in [3.05, 3.63) is 61.2 Å². The molecule has 2 aromatic carbocycles. The van der Waals surface area contributed by atoms with Gasteiger partial charge in [0.1, 0.15) is 17.1 Å². The van der Waals surface area contributed by atoms with Gasteiger partial charge in [0.2, 0.25) is 0 Å². The Kier molecular flexibility index (Phi) is 5.56. The highest BCUT2D eigenvalue weighted by Gasteiger charge is 2.23. The minimum absolute atomic E-state index is 0.0582. The van der Waals surface area contributed by atoms with Crippen molar-refractivity contribution >= 4 is 60.2 Å². The van der Waals surface area contributed by atoms with Gasteiger partial charge in [0.25, 0.3) is 0 Å². The van der Waals surface area contributed by atoms with Gasteiger partial charge in [-0.2, -0.15) is 0 Å². The molecule has 0 amide bonds. The van der Waals surface area contributed by atoms with Crippen LogP contribution in [-0.2, 0) is 6.42 Å². The van der Waals surface area contributed by atoms with Gasteiger partial charge in [0.15, 0.2) is 5.78 Å². The number of unbranched alkanes of at least 4 members (excludes halogenated alkanes) is 1. The normalized spacial score (nSPS) is 11.2. The SMILES string of the molecule is CCCCc1oc2ccc(Cl)cc2c1C(=O)c1cc(Br)c(O)c(Br)c1. The number of hydrogen-bond donors (Lipinski definition) is 1. The summed E-state index contributed by atoms with van der Waals surface area (Å²) in [5.74, 6) is 0.570. The zero-order valence-corrected chi connectivity index (χ0v) is 17.3. The minimum Gasteiger partial charge on any atom is -0.506 e. The molecule has 3 aromatic rings. The average Bonchev–Trinajstić information content (AvgIpc) is 2.94. The quantitative estimate of drug-likeness (QED) is 0.400. The van der Waals surface area contributed by atoms with Crippen LogP contribution in [0, 0.1) is 0 Å². The topological polar surface area (TPSA) is 50.4 Å². The Morgan fingerprint density at radius 1 is 1.20 bits per heavy atom. The maximum Gasteiger partial charge on any atom is 0.197 e. The summed E-state index contributed by atoms with van der Waals surface area (Å²) >= 11 is 12.7. The molecule has 0 atom stereocenters. The summed E-state index contributed by atoms with van der Waals surface area (Å²) in [5.41, 5.74) is 1.64. The van der Waals surface area contributed by atoms with E-state index >= 15 is 0 Å². The summed E-state index contributed by atoms with van der Waals surface area (Å²) in [5, 5.41) is 11.1. The van der Waals surface area contributed by atoms with Crippen LogP contribution >= 0.6 is 43.5 Å². The van der Waals surface area contributed by atoms with E-state index in [1.54, 1.807) is 30.3 Å². The van der Waals surface area contributed by atoms with Crippen molar-refractivity contribution in [3.8, 4) is 5.75 Å². The van der Waals surface area contributed by atoms with Crippen molar-refractivity contribution < 1.29 is 14.3 Å². The highest BCUT2D eigenvalue weighted by Crippen LogP contribution is 2.36. The van der Waals surface area contributed by atoms with Crippen LogP contribution in [0.1, 0.15) is 41.4 Å². The average molecular weight is 487 g/mol. The van der Waals surface area contributed by atoms with Crippen molar-refractivity contribution in [2.75, 3.05) is 0 Å². The molecular weight excluding hydrogens is 471 g/mol. The van der Waals surface area contributed by atoms with Gasteiger partial charge in [-0.25, -0.2) is 0 Å². The van der Waals surface area contributed by atoms with E-state index in [0.29, 0.717) is 48.2 Å². The van der Waals surface area contributed by atoms with E-state index < -0.39 is 0 Å². The van der Waals surface area contributed by atoms with E-state index in [9.17, 15) is 9.90 Å². The van der Waals surface area contributed by atoms with Gasteiger partial charge in [-0.05, 0) is 68.6 Å². The van der Waals surface area contributed by atoms with E-state index in [4.69, 9.17) is 16.0 Å². The number of benzene rings is 2. The molecule has 0 aliphatic rings. The molecule has 0 spiro atoms. The zero-order valence-electron chi connectivity index (χ0n) is 13.4. The number of carbonyl (C=O) groups is 1. The molecule has 0 aliphatic heterocycles.